The van der Waals surface area contributed by atoms with Crippen LogP contribution in [0.15, 0.2) is 24.3 Å². The number of nitriles is 1. The largest absolute Gasteiger partial charge is 0.388 e. The lowest BCUT2D eigenvalue weighted by atomic mass is 10.3. The van der Waals surface area contributed by atoms with E-state index in [0.717, 1.165) is 5.69 Å². The highest BCUT2D eigenvalue weighted by molar-refractivity contribution is 7.93. The van der Waals surface area contributed by atoms with Gasteiger partial charge in [0.15, 0.2) is 5.25 Å². The van der Waals surface area contributed by atoms with Crippen molar-refractivity contribution in [3.8, 4) is 6.07 Å². The fourth-order valence-corrected chi connectivity index (χ4v) is 2.50. The summed E-state index contributed by atoms with van der Waals surface area (Å²) in [6, 6.07) is 8.57. The zero-order valence-corrected chi connectivity index (χ0v) is 10.6. The minimum absolute atomic E-state index is 0.264. The molecule has 17 heavy (non-hydrogen) atoms. The number of hydrogen-bond donors (Lipinski definition) is 2. The van der Waals surface area contributed by atoms with E-state index in [2.05, 4.69) is 10.0 Å². The van der Waals surface area contributed by atoms with Crippen LogP contribution in [0.2, 0.25) is 0 Å². The van der Waals surface area contributed by atoms with Gasteiger partial charge in [-0.1, -0.05) is 6.92 Å². The molecule has 0 spiro atoms. The van der Waals surface area contributed by atoms with E-state index < -0.39 is 15.3 Å². The normalized spacial score (nSPS) is 12.5. The summed E-state index contributed by atoms with van der Waals surface area (Å²) < 4.78 is 25.9. The van der Waals surface area contributed by atoms with Crippen molar-refractivity contribution in [1.29, 1.82) is 5.26 Å². The highest BCUT2D eigenvalue weighted by Gasteiger charge is 2.23. The van der Waals surface area contributed by atoms with Crippen molar-refractivity contribution in [2.24, 2.45) is 0 Å². The number of rotatable bonds is 5. The molecule has 0 aliphatic carbocycles. The van der Waals surface area contributed by atoms with E-state index in [0.29, 0.717) is 5.69 Å². The lowest BCUT2D eigenvalue weighted by Crippen LogP contribution is -2.25. The smallest absolute Gasteiger partial charge is 0.249 e. The Morgan fingerprint density at radius 3 is 2.24 bits per heavy atom. The molecule has 2 N–H and O–H groups in total. The second-order valence-corrected chi connectivity index (χ2v) is 5.36. The van der Waals surface area contributed by atoms with Crippen molar-refractivity contribution in [3.05, 3.63) is 24.3 Å². The molecule has 92 valence electrons. The van der Waals surface area contributed by atoms with Gasteiger partial charge in [-0.3, -0.25) is 4.72 Å². The molecule has 1 aromatic rings. The molecule has 0 aromatic heterocycles. The minimum Gasteiger partial charge on any atom is -0.388 e. The SMILES string of the molecule is CCC(C#N)S(=O)(=O)Nc1ccc(NC)cc1. The molecule has 0 bridgehead atoms. The topological polar surface area (TPSA) is 82.0 Å². The van der Waals surface area contributed by atoms with Gasteiger partial charge < -0.3 is 5.32 Å². The number of nitrogens with one attached hydrogen (secondary N) is 2. The van der Waals surface area contributed by atoms with Crippen LogP contribution in [0.1, 0.15) is 13.3 Å². The number of sulfonamides is 1. The average molecular weight is 253 g/mol. The molecule has 0 saturated heterocycles. The summed E-state index contributed by atoms with van der Waals surface area (Å²) in [5.74, 6) is 0. The molecule has 0 heterocycles. The molecular weight excluding hydrogens is 238 g/mol. The molecule has 6 heteroatoms. The summed E-state index contributed by atoms with van der Waals surface area (Å²) in [5, 5.41) is 10.7. The van der Waals surface area contributed by atoms with Crippen LogP contribution in [0.5, 0.6) is 0 Å². The summed E-state index contributed by atoms with van der Waals surface area (Å²) in [5.41, 5.74) is 1.35. The molecule has 1 atom stereocenters. The molecule has 1 unspecified atom stereocenters. The average Bonchev–Trinajstić information content (AvgIpc) is 2.30. The van der Waals surface area contributed by atoms with Crippen LogP contribution in [-0.2, 0) is 10.0 Å². The first-order valence-corrected chi connectivity index (χ1v) is 6.77. The molecular formula is C11H15N3O2S. The first-order valence-electron chi connectivity index (χ1n) is 5.22. The summed E-state index contributed by atoms with van der Waals surface area (Å²) in [6.45, 7) is 1.66. The Balaban J connectivity index is 2.87. The molecule has 0 aliphatic heterocycles. The van der Waals surface area contributed by atoms with Gasteiger partial charge in [0.25, 0.3) is 0 Å². The fourth-order valence-electron chi connectivity index (χ4n) is 1.32. The summed E-state index contributed by atoms with van der Waals surface area (Å²) >= 11 is 0. The molecule has 0 saturated carbocycles. The van der Waals surface area contributed by atoms with E-state index in [1.54, 1.807) is 44.3 Å². The lowest BCUT2D eigenvalue weighted by molar-refractivity contribution is 0.593. The third kappa shape index (κ3) is 3.36. The first kappa shape index (κ1) is 13.3. The van der Waals surface area contributed by atoms with Crippen LogP contribution in [0.4, 0.5) is 11.4 Å². The second kappa shape index (κ2) is 5.55. The second-order valence-electron chi connectivity index (χ2n) is 3.50. The number of benzene rings is 1. The predicted octanol–water partition coefficient (Wildman–Crippen LogP) is 1.77. The van der Waals surface area contributed by atoms with Crippen LogP contribution in [0.3, 0.4) is 0 Å². The van der Waals surface area contributed by atoms with E-state index >= 15 is 0 Å². The zero-order chi connectivity index (χ0) is 12.9. The van der Waals surface area contributed by atoms with Gasteiger partial charge in [-0.05, 0) is 30.7 Å². The maximum absolute atomic E-state index is 11.8. The van der Waals surface area contributed by atoms with E-state index in [1.165, 1.54) is 0 Å². The number of hydrogen-bond acceptors (Lipinski definition) is 4. The molecule has 0 amide bonds. The molecule has 0 fully saturated rings. The third-order valence-electron chi connectivity index (χ3n) is 2.32. The Labute approximate surface area is 102 Å². The van der Waals surface area contributed by atoms with Gasteiger partial charge in [-0.25, -0.2) is 8.42 Å². The highest BCUT2D eigenvalue weighted by Crippen LogP contribution is 2.16. The van der Waals surface area contributed by atoms with E-state index in [4.69, 9.17) is 5.26 Å². The fraction of sp³-hybridized carbons (Fsp3) is 0.364. The maximum atomic E-state index is 11.8. The van der Waals surface area contributed by atoms with Crippen molar-refractivity contribution in [2.75, 3.05) is 17.1 Å². The van der Waals surface area contributed by atoms with Crippen molar-refractivity contribution in [2.45, 2.75) is 18.6 Å². The quantitative estimate of drug-likeness (QED) is 0.838. The zero-order valence-electron chi connectivity index (χ0n) is 9.77. The summed E-state index contributed by atoms with van der Waals surface area (Å²) in [6.07, 6.45) is 0.264. The molecule has 1 aromatic carbocycles. The van der Waals surface area contributed by atoms with Crippen LogP contribution >= 0.6 is 0 Å². The number of anilines is 2. The Bertz CT molecular complexity index is 503. The van der Waals surface area contributed by atoms with Crippen LogP contribution in [-0.4, -0.2) is 20.7 Å². The Morgan fingerprint density at radius 2 is 1.82 bits per heavy atom. The Hall–Kier alpha value is -1.74. The molecule has 0 radical (unpaired) electrons. The Kier molecular flexibility index (Phi) is 4.35. The highest BCUT2D eigenvalue weighted by atomic mass is 32.2. The van der Waals surface area contributed by atoms with E-state index in [1.807, 2.05) is 0 Å². The lowest BCUT2D eigenvalue weighted by Gasteiger charge is -2.11. The van der Waals surface area contributed by atoms with Gasteiger partial charge in [-0.15, -0.1) is 0 Å². The van der Waals surface area contributed by atoms with Crippen LogP contribution in [0, 0.1) is 11.3 Å². The van der Waals surface area contributed by atoms with E-state index in [9.17, 15) is 8.42 Å². The van der Waals surface area contributed by atoms with Gasteiger partial charge in [-0.2, -0.15) is 5.26 Å². The van der Waals surface area contributed by atoms with Gasteiger partial charge in [0.05, 0.1) is 6.07 Å². The van der Waals surface area contributed by atoms with Crippen molar-refractivity contribution < 1.29 is 8.42 Å². The molecule has 1 rings (SSSR count). The van der Waals surface area contributed by atoms with Gasteiger partial charge in [0.1, 0.15) is 0 Å². The van der Waals surface area contributed by atoms with Gasteiger partial charge >= 0.3 is 0 Å². The van der Waals surface area contributed by atoms with Gasteiger partial charge in [0.2, 0.25) is 10.0 Å². The Morgan fingerprint density at radius 1 is 1.29 bits per heavy atom. The summed E-state index contributed by atoms with van der Waals surface area (Å²) in [4.78, 5) is 0. The van der Waals surface area contributed by atoms with Crippen molar-refractivity contribution in [1.82, 2.24) is 0 Å². The third-order valence-corrected chi connectivity index (χ3v) is 4.03. The van der Waals surface area contributed by atoms with Crippen molar-refractivity contribution >= 4 is 21.4 Å². The van der Waals surface area contributed by atoms with Crippen LogP contribution in [0.25, 0.3) is 0 Å². The van der Waals surface area contributed by atoms with E-state index in [-0.39, 0.29) is 6.42 Å². The predicted molar refractivity (Wildman–Crippen MR) is 68.2 cm³/mol. The first-order chi connectivity index (χ1) is 8.03. The summed E-state index contributed by atoms with van der Waals surface area (Å²) in [7, 11) is -1.85. The maximum Gasteiger partial charge on any atom is 0.249 e. The number of nitrogens with zero attached hydrogens (tertiary/aromatic N) is 1. The van der Waals surface area contributed by atoms with Crippen LogP contribution < -0.4 is 10.0 Å². The van der Waals surface area contributed by atoms with Crippen molar-refractivity contribution in [3.63, 3.8) is 0 Å². The standard InChI is InChI=1S/C11H15N3O2S/c1-3-11(8-12)17(15,16)14-10-6-4-9(13-2)5-7-10/h4-7,11,13-14H,3H2,1-2H3. The molecule has 5 nitrogen and oxygen atoms in total. The molecule has 0 aliphatic rings. The minimum atomic E-state index is -3.63. The van der Waals surface area contributed by atoms with Gasteiger partial charge in [0, 0.05) is 18.4 Å². The monoisotopic (exact) mass is 253 g/mol.